The highest BCUT2D eigenvalue weighted by atomic mass is 35.5. The van der Waals surface area contributed by atoms with Crippen molar-refractivity contribution in [2.45, 2.75) is 38.5 Å². The molecule has 0 radical (unpaired) electrons. The lowest BCUT2D eigenvalue weighted by Gasteiger charge is -2.27. The Morgan fingerprint density at radius 1 is 0.947 bits per heavy atom. The first-order chi connectivity index (χ1) is 8.84. The summed E-state index contributed by atoms with van der Waals surface area (Å²) in [6.45, 7) is 7.00. The number of halogens is 1. The summed E-state index contributed by atoms with van der Waals surface area (Å²) in [6.07, 6.45) is 8.09. The number of piperidine rings is 1. The maximum absolute atomic E-state index is 5.41. The van der Waals surface area contributed by atoms with Crippen LogP contribution in [0.15, 0.2) is 0 Å². The maximum atomic E-state index is 5.41. The largest absolute Gasteiger partial charge is 0.381 e. The van der Waals surface area contributed by atoms with E-state index in [1.165, 1.54) is 64.7 Å². The zero-order valence-corrected chi connectivity index (χ0v) is 13.2. The fraction of sp³-hybridized carbons (Fsp3) is 1.00. The van der Waals surface area contributed by atoms with Gasteiger partial charge in [0.25, 0.3) is 0 Å². The second kappa shape index (κ2) is 9.98. The minimum Gasteiger partial charge on any atom is -0.381 e. The van der Waals surface area contributed by atoms with Gasteiger partial charge in [-0.05, 0) is 83.6 Å². The lowest BCUT2D eigenvalue weighted by Crippen LogP contribution is -2.31. The first kappa shape index (κ1) is 17.2. The van der Waals surface area contributed by atoms with Crippen LogP contribution in [0, 0.1) is 11.8 Å². The molecule has 4 heteroatoms. The van der Waals surface area contributed by atoms with Crippen LogP contribution in [0.3, 0.4) is 0 Å². The van der Waals surface area contributed by atoms with Crippen LogP contribution in [-0.2, 0) is 4.74 Å². The molecule has 19 heavy (non-hydrogen) atoms. The molecule has 2 rings (SSSR count). The van der Waals surface area contributed by atoms with Crippen LogP contribution in [0.4, 0.5) is 0 Å². The van der Waals surface area contributed by atoms with Crippen molar-refractivity contribution in [3.05, 3.63) is 0 Å². The van der Waals surface area contributed by atoms with Crippen molar-refractivity contribution >= 4 is 12.4 Å². The van der Waals surface area contributed by atoms with Gasteiger partial charge >= 0.3 is 0 Å². The molecule has 0 unspecified atom stereocenters. The topological polar surface area (TPSA) is 24.5 Å². The fourth-order valence-electron chi connectivity index (χ4n) is 3.12. The van der Waals surface area contributed by atoms with E-state index in [1.807, 2.05) is 0 Å². The Hall–Kier alpha value is 0.170. The van der Waals surface area contributed by atoms with E-state index in [9.17, 15) is 0 Å². The molecule has 0 amide bonds. The molecule has 0 atom stereocenters. The van der Waals surface area contributed by atoms with Crippen molar-refractivity contribution in [3.63, 3.8) is 0 Å². The molecule has 0 spiro atoms. The second-order valence-electron chi connectivity index (χ2n) is 6.13. The number of hydrogen-bond acceptors (Lipinski definition) is 3. The van der Waals surface area contributed by atoms with Gasteiger partial charge < -0.3 is 15.0 Å². The highest BCUT2D eigenvalue weighted by Gasteiger charge is 2.16. The van der Waals surface area contributed by atoms with Gasteiger partial charge in [-0.1, -0.05) is 0 Å². The summed E-state index contributed by atoms with van der Waals surface area (Å²) in [7, 11) is 2.29. The Morgan fingerprint density at radius 2 is 1.47 bits per heavy atom. The number of hydrogen-bond donors (Lipinski definition) is 1. The predicted molar refractivity (Wildman–Crippen MR) is 83.1 cm³/mol. The van der Waals surface area contributed by atoms with Gasteiger partial charge in [0.1, 0.15) is 0 Å². The van der Waals surface area contributed by atoms with Gasteiger partial charge in [-0.3, -0.25) is 0 Å². The molecular weight excluding hydrogens is 260 g/mol. The van der Waals surface area contributed by atoms with Crippen LogP contribution in [0.25, 0.3) is 0 Å². The predicted octanol–water partition coefficient (Wildman–Crippen LogP) is 2.55. The number of rotatable bonds is 6. The normalized spacial score (nSPS) is 22.4. The van der Waals surface area contributed by atoms with Gasteiger partial charge in [0.2, 0.25) is 0 Å². The molecular formula is C15H31ClN2O. The molecule has 114 valence electrons. The Kier molecular flexibility index (Phi) is 9.04. The SMILES string of the molecule is CN(CCC1CCNCC1)CCC1CCOCC1.Cl. The van der Waals surface area contributed by atoms with Gasteiger partial charge in [-0.15, -0.1) is 12.4 Å². The molecule has 2 aliphatic rings. The second-order valence-corrected chi connectivity index (χ2v) is 6.13. The molecule has 2 fully saturated rings. The summed E-state index contributed by atoms with van der Waals surface area (Å²) in [5.41, 5.74) is 0. The third-order valence-corrected chi connectivity index (χ3v) is 4.64. The van der Waals surface area contributed by atoms with Crippen LogP contribution >= 0.6 is 12.4 Å². The number of nitrogens with zero attached hydrogens (tertiary/aromatic N) is 1. The summed E-state index contributed by atoms with van der Waals surface area (Å²) < 4.78 is 5.41. The quantitative estimate of drug-likeness (QED) is 0.814. The van der Waals surface area contributed by atoms with Crippen LogP contribution < -0.4 is 5.32 Å². The highest BCUT2D eigenvalue weighted by molar-refractivity contribution is 5.85. The highest BCUT2D eigenvalue weighted by Crippen LogP contribution is 2.19. The van der Waals surface area contributed by atoms with Crippen molar-refractivity contribution in [2.24, 2.45) is 11.8 Å². The summed E-state index contributed by atoms with van der Waals surface area (Å²) in [5, 5.41) is 3.45. The van der Waals surface area contributed by atoms with E-state index in [4.69, 9.17) is 4.74 Å². The molecule has 0 saturated carbocycles. The molecule has 0 aliphatic carbocycles. The first-order valence-corrected chi connectivity index (χ1v) is 7.81. The van der Waals surface area contributed by atoms with Crippen LogP contribution in [0.2, 0.25) is 0 Å². The third kappa shape index (κ3) is 6.94. The van der Waals surface area contributed by atoms with Crippen molar-refractivity contribution in [1.82, 2.24) is 10.2 Å². The zero-order chi connectivity index (χ0) is 12.6. The van der Waals surface area contributed by atoms with E-state index in [-0.39, 0.29) is 12.4 Å². The number of ether oxygens (including phenoxy) is 1. The molecule has 0 bridgehead atoms. The molecule has 2 saturated heterocycles. The van der Waals surface area contributed by atoms with Gasteiger partial charge in [-0.25, -0.2) is 0 Å². The van der Waals surface area contributed by atoms with Crippen LogP contribution in [0.5, 0.6) is 0 Å². The average molecular weight is 291 g/mol. The Morgan fingerprint density at radius 3 is 2.05 bits per heavy atom. The van der Waals surface area contributed by atoms with E-state index in [2.05, 4.69) is 17.3 Å². The van der Waals surface area contributed by atoms with Crippen molar-refractivity contribution in [1.29, 1.82) is 0 Å². The summed E-state index contributed by atoms with van der Waals surface area (Å²) >= 11 is 0. The van der Waals surface area contributed by atoms with Crippen molar-refractivity contribution < 1.29 is 4.74 Å². The minimum atomic E-state index is 0. The molecule has 2 heterocycles. The van der Waals surface area contributed by atoms with Crippen molar-refractivity contribution in [3.8, 4) is 0 Å². The van der Waals surface area contributed by atoms with Gasteiger partial charge in [-0.2, -0.15) is 0 Å². The monoisotopic (exact) mass is 290 g/mol. The minimum absolute atomic E-state index is 0. The summed E-state index contributed by atoms with van der Waals surface area (Å²) in [5.74, 6) is 1.89. The van der Waals surface area contributed by atoms with Crippen LogP contribution in [0.1, 0.15) is 38.5 Å². The standard InChI is InChI=1S/C15H30N2O.ClH/c1-17(10-4-14-2-8-16-9-3-14)11-5-15-6-12-18-13-7-15;/h14-16H,2-13H2,1H3;1H. The zero-order valence-electron chi connectivity index (χ0n) is 12.4. The Labute approximate surface area is 124 Å². The van der Waals surface area contributed by atoms with Crippen molar-refractivity contribution in [2.75, 3.05) is 46.4 Å². The first-order valence-electron chi connectivity index (χ1n) is 7.81. The fourth-order valence-corrected chi connectivity index (χ4v) is 3.12. The van der Waals surface area contributed by atoms with E-state index in [0.29, 0.717) is 0 Å². The van der Waals surface area contributed by atoms with E-state index in [1.54, 1.807) is 0 Å². The summed E-state index contributed by atoms with van der Waals surface area (Å²) in [4.78, 5) is 2.54. The smallest absolute Gasteiger partial charge is 0.0468 e. The third-order valence-electron chi connectivity index (χ3n) is 4.64. The van der Waals surface area contributed by atoms with E-state index < -0.39 is 0 Å². The maximum Gasteiger partial charge on any atom is 0.0468 e. The molecule has 0 aromatic carbocycles. The molecule has 2 aliphatic heterocycles. The Bertz CT molecular complexity index is 194. The lowest BCUT2D eigenvalue weighted by atomic mass is 9.94. The van der Waals surface area contributed by atoms with Gasteiger partial charge in [0.15, 0.2) is 0 Å². The molecule has 1 N–H and O–H groups in total. The van der Waals surface area contributed by atoms with E-state index >= 15 is 0 Å². The lowest BCUT2D eigenvalue weighted by molar-refractivity contribution is 0.0608. The molecule has 3 nitrogen and oxygen atoms in total. The van der Waals surface area contributed by atoms with Crippen LogP contribution in [-0.4, -0.2) is 51.3 Å². The molecule has 0 aromatic heterocycles. The number of nitrogens with one attached hydrogen (secondary N) is 1. The summed E-state index contributed by atoms with van der Waals surface area (Å²) in [6, 6.07) is 0. The van der Waals surface area contributed by atoms with Gasteiger partial charge in [0, 0.05) is 13.2 Å². The van der Waals surface area contributed by atoms with Gasteiger partial charge in [0.05, 0.1) is 0 Å². The Balaban J connectivity index is 0.00000180. The molecule has 0 aromatic rings. The average Bonchev–Trinajstić information content (AvgIpc) is 2.45. The van der Waals surface area contributed by atoms with E-state index in [0.717, 1.165) is 25.0 Å².